The van der Waals surface area contributed by atoms with Gasteiger partial charge in [0.05, 0.1) is 73.6 Å². The molecule has 4 heterocycles. The Labute approximate surface area is 272 Å². The molecule has 1 saturated heterocycles. The minimum Gasteiger partial charge on any atom is -0.453 e. The predicted molar refractivity (Wildman–Crippen MR) is 174 cm³/mol. The smallest absolute Gasteiger partial charge is 0.166 e. The second kappa shape index (κ2) is 16.5. The maximum absolute atomic E-state index is 15.0. The Morgan fingerprint density at radius 2 is 1.54 bits per heavy atom. The van der Waals surface area contributed by atoms with E-state index in [4.69, 9.17) is 28.7 Å². The highest BCUT2D eigenvalue weighted by Crippen LogP contribution is 2.39. The van der Waals surface area contributed by atoms with Crippen LogP contribution in [0.3, 0.4) is 0 Å². The van der Waals surface area contributed by atoms with Crippen LogP contribution >= 0.6 is 11.3 Å². The highest BCUT2D eigenvalue weighted by molar-refractivity contribution is 7.22. The number of carbonyl (C=O) groups is 1. The first kappa shape index (κ1) is 32.6. The van der Waals surface area contributed by atoms with Gasteiger partial charge in [0, 0.05) is 50.9 Å². The molecule has 3 aromatic heterocycles. The molecule has 4 aromatic rings. The Balaban J connectivity index is 1.09. The topological polar surface area (TPSA) is 92.2 Å². The van der Waals surface area contributed by atoms with E-state index in [0.717, 1.165) is 58.8 Å². The molecule has 2 aliphatic rings. The van der Waals surface area contributed by atoms with Gasteiger partial charge >= 0.3 is 0 Å². The third-order valence-corrected chi connectivity index (χ3v) is 9.07. The van der Waals surface area contributed by atoms with Crippen LogP contribution in [0.2, 0.25) is 0 Å². The molecule has 0 spiro atoms. The van der Waals surface area contributed by atoms with Crippen molar-refractivity contribution in [3.05, 3.63) is 71.8 Å². The molecule has 0 radical (unpaired) electrons. The van der Waals surface area contributed by atoms with Gasteiger partial charge in [0.1, 0.15) is 11.5 Å². The van der Waals surface area contributed by atoms with Crippen molar-refractivity contribution in [1.29, 1.82) is 0 Å². The zero-order valence-electron chi connectivity index (χ0n) is 26.0. The number of halogens is 1. The molecule has 244 valence electrons. The van der Waals surface area contributed by atoms with E-state index < -0.39 is 5.82 Å². The van der Waals surface area contributed by atoms with Gasteiger partial charge in [-0.3, -0.25) is 19.7 Å². The Hall–Kier alpha value is -3.32. The summed E-state index contributed by atoms with van der Waals surface area (Å²) in [5, 5.41) is 0. The van der Waals surface area contributed by atoms with E-state index in [1.807, 2.05) is 18.3 Å². The van der Waals surface area contributed by atoms with Crippen LogP contribution in [0.25, 0.3) is 20.8 Å². The van der Waals surface area contributed by atoms with Crippen molar-refractivity contribution in [2.24, 2.45) is 5.92 Å². The van der Waals surface area contributed by atoms with E-state index >= 15 is 4.39 Å². The van der Waals surface area contributed by atoms with Crippen LogP contribution in [0.5, 0.6) is 11.5 Å². The summed E-state index contributed by atoms with van der Waals surface area (Å²) in [4.78, 5) is 24.7. The number of thiophene rings is 1. The second-order valence-electron chi connectivity index (χ2n) is 11.6. The van der Waals surface area contributed by atoms with Gasteiger partial charge in [0.2, 0.25) is 0 Å². The number of ketones is 1. The highest BCUT2D eigenvalue weighted by Gasteiger charge is 2.24. The van der Waals surface area contributed by atoms with Crippen LogP contribution in [0.15, 0.2) is 54.9 Å². The zero-order valence-corrected chi connectivity index (χ0v) is 26.8. The van der Waals surface area contributed by atoms with E-state index in [9.17, 15) is 4.79 Å². The number of hydrogen-bond donors (Lipinski definition) is 0. The number of fused-ring (bicyclic) bond motifs is 1. The van der Waals surface area contributed by atoms with Crippen molar-refractivity contribution < 1.29 is 32.9 Å². The monoisotopic (exact) mass is 649 g/mol. The van der Waals surface area contributed by atoms with Gasteiger partial charge in [-0.25, -0.2) is 4.39 Å². The lowest BCUT2D eigenvalue weighted by Gasteiger charge is -2.22. The normalized spacial score (nSPS) is 17.8. The molecule has 1 saturated carbocycles. The molecule has 1 aliphatic heterocycles. The third-order valence-electron chi connectivity index (χ3n) is 7.91. The SMILES string of the molecule is O=C(Cc1ccc(Oc2ccnc3cc(-c4ccc(CN5CCOCCOCCOCCOCC5)cn4)sc23)c(F)c1)CC1CC1. The number of hydrogen-bond acceptors (Lipinski definition) is 10. The lowest BCUT2D eigenvalue weighted by molar-refractivity contribution is -0.118. The van der Waals surface area contributed by atoms with Crippen LogP contribution in [-0.4, -0.2) is 86.6 Å². The fourth-order valence-corrected chi connectivity index (χ4v) is 6.30. The maximum Gasteiger partial charge on any atom is 0.166 e. The molecular weight excluding hydrogens is 609 g/mol. The Morgan fingerprint density at radius 3 is 2.20 bits per heavy atom. The molecule has 0 atom stereocenters. The standard InChI is InChI=1S/C35H40FN3O6S/c36-29-21-26(20-28(40)19-25-1-2-25)4-6-32(29)45-33-7-8-37-31-22-34(46-35(31)33)30-5-3-27(23-38-30)24-39-9-11-41-13-15-43-17-18-44-16-14-42-12-10-39/h3-8,21-23,25H,1-2,9-20,24H2. The van der Waals surface area contributed by atoms with Crippen molar-refractivity contribution in [2.45, 2.75) is 32.2 Å². The van der Waals surface area contributed by atoms with Crippen LogP contribution < -0.4 is 4.74 Å². The van der Waals surface area contributed by atoms with Gasteiger partial charge < -0.3 is 23.7 Å². The number of nitrogens with zero attached hydrogens (tertiary/aromatic N) is 3. The van der Waals surface area contributed by atoms with Gasteiger partial charge in [0.25, 0.3) is 0 Å². The van der Waals surface area contributed by atoms with Crippen LogP contribution in [-0.2, 0) is 36.7 Å². The number of ether oxygens (including phenoxy) is 5. The average Bonchev–Trinajstić information content (AvgIpc) is 3.75. The lowest BCUT2D eigenvalue weighted by Crippen LogP contribution is -2.31. The molecular formula is C35H40FN3O6S. The van der Waals surface area contributed by atoms with Gasteiger partial charge in [0.15, 0.2) is 11.6 Å². The fraction of sp³-hybridized carbons (Fsp3) is 0.457. The van der Waals surface area contributed by atoms with Crippen LogP contribution in [0.4, 0.5) is 4.39 Å². The number of Topliss-reactive ketones (excluding diaryl/α,β-unsaturated/α-hetero) is 1. The third kappa shape index (κ3) is 9.60. The summed E-state index contributed by atoms with van der Waals surface area (Å²) in [6.07, 6.45) is 6.64. The number of aromatic nitrogens is 2. The van der Waals surface area contributed by atoms with E-state index in [2.05, 4.69) is 16.0 Å². The number of benzene rings is 1. The van der Waals surface area contributed by atoms with Crippen molar-refractivity contribution in [2.75, 3.05) is 65.9 Å². The van der Waals surface area contributed by atoms with Gasteiger partial charge in [-0.05, 0) is 54.2 Å². The summed E-state index contributed by atoms with van der Waals surface area (Å²) in [7, 11) is 0. The molecule has 0 bridgehead atoms. The Kier molecular flexibility index (Phi) is 11.7. The zero-order chi connectivity index (χ0) is 31.6. The first-order chi connectivity index (χ1) is 22.6. The Bertz CT molecular complexity index is 1560. The summed E-state index contributed by atoms with van der Waals surface area (Å²) in [5.41, 5.74) is 3.33. The summed E-state index contributed by atoms with van der Waals surface area (Å²) >= 11 is 1.50. The van der Waals surface area contributed by atoms with E-state index in [1.165, 1.54) is 17.4 Å². The molecule has 0 N–H and O–H groups in total. The second-order valence-corrected chi connectivity index (χ2v) is 12.7. The summed E-state index contributed by atoms with van der Waals surface area (Å²) < 4.78 is 44.4. The number of pyridine rings is 2. The molecule has 46 heavy (non-hydrogen) atoms. The number of rotatable bonds is 9. The fourth-order valence-electron chi connectivity index (χ4n) is 5.26. The predicted octanol–water partition coefficient (Wildman–Crippen LogP) is 6.08. The first-order valence-corrected chi connectivity index (χ1v) is 16.8. The van der Waals surface area contributed by atoms with E-state index in [1.54, 1.807) is 24.4 Å². The van der Waals surface area contributed by atoms with Crippen molar-refractivity contribution in [1.82, 2.24) is 14.9 Å². The van der Waals surface area contributed by atoms with Crippen LogP contribution in [0.1, 0.15) is 30.4 Å². The molecule has 1 aliphatic carbocycles. The molecule has 0 unspecified atom stereocenters. The van der Waals surface area contributed by atoms with E-state index in [0.29, 0.717) is 76.5 Å². The average molecular weight is 650 g/mol. The quantitative estimate of drug-likeness (QED) is 0.214. The number of carbonyl (C=O) groups excluding carboxylic acids is 1. The lowest BCUT2D eigenvalue weighted by atomic mass is 10.0. The van der Waals surface area contributed by atoms with Gasteiger partial charge in [-0.1, -0.05) is 12.1 Å². The molecule has 11 heteroatoms. The minimum absolute atomic E-state index is 0.115. The molecule has 1 aromatic carbocycles. The highest BCUT2D eigenvalue weighted by atomic mass is 32.1. The molecule has 2 fully saturated rings. The van der Waals surface area contributed by atoms with Crippen LogP contribution in [0, 0.1) is 11.7 Å². The van der Waals surface area contributed by atoms with E-state index in [-0.39, 0.29) is 18.0 Å². The summed E-state index contributed by atoms with van der Waals surface area (Å²) in [6.45, 7) is 6.83. The Morgan fingerprint density at radius 1 is 0.848 bits per heavy atom. The molecule has 6 rings (SSSR count). The molecule has 0 amide bonds. The van der Waals surface area contributed by atoms with Gasteiger partial charge in [-0.2, -0.15) is 0 Å². The molecule has 9 nitrogen and oxygen atoms in total. The largest absolute Gasteiger partial charge is 0.453 e. The van der Waals surface area contributed by atoms with Crippen molar-refractivity contribution in [3.63, 3.8) is 0 Å². The summed E-state index contributed by atoms with van der Waals surface area (Å²) in [5.74, 6) is 0.826. The minimum atomic E-state index is -0.490. The van der Waals surface area contributed by atoms with Gasteiger partial charge in [-0.15, -0.1) is 11.3 Å². The summed E-state index contributed by atoms with van der Waals surface area (Å²) in [6, 6.07) is 12.6. The van der Waals surface area contributed by atoms with Crippen molar-refractivity contribution in [3.8, 4) is 22.1 Å². The maximum atomic E-state index is 15.0. The first-order valence-electron chi connectivity index (χ1n) is 16.0. The van der Waals surface area contributed by atoms with Crippen molar-refractivity contribution >= 4 is 27.3 Å².